The number of allylic oxidation sites excluding steroid dienone is 2. The Bertz CT molecular complexity index is 845. The maximum absolute atomic E-state index is 12.3. The summed E-state index contributed by atoms with van der Waals surface area (Å²) in [7, 11) is 6.39. The van der Waals surface area contributed by atoms with Gasteiger partial charge in [0.15, 0.2) is 17.3 Å². The van der Waals surface area contributed by atoms with Gasteiger partial charge in [-0.05, 0) is 42.0 Å². The Labute approximate surface area is 165 Å². The van der Waals surface area contributed by atoms with E-state index in [1.165, 1.54) is 7.11 Å². The molecule has 6 heteroatoms. The average molecular weight is 386 g/mol. The third-order valence-corrected chi connectivity index (χ3v) is 6.48. The highest BCUT2D eigenvalue weighted by molar-refractivity contribution is 6.04. The Kier molecular flexibility index (Phi) is 4.52. The molecule has 28 heavy (non-hydrogen) atoms. The maximum atomic E-state index is 12.3. The van der Waals surface area contributed by atoms with Gasteiger partial charge in [0.1, 0.15) is 11.9 Å². The highest BCUT2D eigenvalue weighted by atomic mass is 16.5. The van der Waals surface area contributed by atoms with E-state index in [1.54, 1.807) is 27.4 Å². The summed E-state index contributed by atoms with van der Waals surface area (Å²) < 4.78 is 28.1. The average Bonchev–Trinajstić information content (AvgIpc) is 3.02. The van der Waals surface area contributed by atoms with E-state index in [0.29, 0.717) is 23.0 Å². The largest absolute Gasteiger partial charge is 0.494 e. The second kappa shape index (κ2) is 6.76. The fourth-order valence-electron chi connectivity index (χ4n) is 5.02. The molecule has 1 unspecified atom stereocenters. The minimum atomic E-state index is -0.326. The van der Waals surface area contributed by atoms with Crippen LogP contribution < -0.4 is 14.2 Å². The van der Waals surface area contributed by atoms with Gasteiger partial charge in [-0.1, -0.05) is 6.92 Å². The summed E-state index contributed by atoms with van der Waals surface area (Å²) in [6.45, 7) is 2.21. The molecule has 2 aliphatic carbocycles. The predicted octanol–water partition coefficient (Wildman–Crippen LogP) is 3.61. The molecular formula is C22H26O6. The van der Waals surface area contributed by atoms with Gasteiger partial charge in [-0.3, -0.25) is 4.79 Å². The van der Waals surface area contributed by atoms with Crippen molar-refractivity contribution in [3.8, 4) is 17.2 Å². The maximum Gasteiger partial charge on any atom is 0.223 e. The second-order valence-corrected chi connectivity index (χ2v) is 7.66. The second-order valence-electron chi connectivity index (χ2n) is 7.66. The van der Waals surface area contributed by atoms with E-state index in [4.69, 9.17) is 23.7 Å². The van der Waals surface area contributed by atoms with Crippen molar-refractivity contribution in [2.45, 2.75) is 31.8 Å². The molecule has 6 nitrogen and oxygen atoms in total. The first kappa shape index (κ1) is 18.7. The van der Waals surface area contributed by atoms with E-state index in [0.717, 1.165) is 24.2 Å². The number of fused-ring (bicyclic) bond motifs is 1. The van der Waals surface area contributed by atoms with Crippen LogP contribution in [0.4, 0.5) is 0 Å². The molecule has 1 heterocycles. The molecule has 0 amide bonds. The molecule has 4 rings (SSSR count). The lowest BCUT2D eigenvalue weighted by molar-refractivity contribution is -0.114. The number of methoxy groups -OCH3 is 4. The summed E-state index contributed by atoms with van der Waals surface area (Å²) in [5.41, 5.74) is 0.785. The highest BCUT2D eigenvalue weighted by Crippen LogP contribution is 2.61. The van der Waals surface area contributed by atoms with Gasteiger partial charge >= 0.3 is 0 Å². The van der Waals surface area contributed by atoms with Gasteiger partial charge < -0.3 is 23.7 Å². The van der Waals surface area contributed by atoms with Crippen LogP contribution in [0.2, 0.25) is 0 Å². The molecule has 1 aromatic carbocycles. The third kappa shape index (κ3) is 2.58. The van der Waals surface area contributed by atoms with Crippen molar-refractivity contribution >= 4 is 5.78 Å². The van der Waals surface area contributed by atoms with Crippen LogP contribution in [0.5, 0.6) is 17.2 Å². The van der Waals surface area contributed by atoms with Crippen LogP contribution in [0.15, 0.2) is 35.8 Å². The zero-order chi connectivity index (χ0) is 20.1. The number of carbonyl (C=O) groups excluding carboxylic acids is 1. The molecule has 4 atom stereocenters. The molecule has 0 aromatic heterocycles. The quantitative estimate of drug-likeness (QED) is 0.770. The summed E-state index contributed by atoms with van der Waals surface area (Å²) in [6.07, 6.45) is 5.36. The van der Waals surface area contributed by atoms with E-state index in [2.05, 4.69) is 6.92 Å². The van der Waals surface area contributed by atoms with E-state index in [9.17, 15) is 4.79 Å². The van der Waals surface area contributed by atoms with Gasteiger partial charge in [-0.25, -0.2) is 0 Å². The van der Waals surface area contributed by atoms with Crippen molar-refractivity contribution in [2.75, 3.05) is 28.4 Å². The Morgan fingerprint density at radius 1 is 1.04 bits per heavy atom. The van der Waals surface area contributed by atoms with Crippen molar-refractivity contribution in [1.29, 1.82) is 0 Å². The summed E-state index contributed by atoms with van der Waals surface area (Å²) in [4.78, 5) is 12.3. The first-order chi connectivity index (χ1) is 13.5. The molecule has 0 radical (unpaired) electrons. The Hall–Kier alpha value is -2.63. The number of ketones is 1. The topological polar surface area (TPSA) is 63.2 Å². The van der Waals surface area contributed by atoms with Gasteiger partial charge in [0.05, 0.1) is 33.9 Å². The van der Waals surface area contributed by atoms with E-state index < -0.39 is 0 Å². The molecular weight excluding hydrogens is 360 g/mol. The zero-order valence-corrected chi connectivity index (χ0v) is 16.9. The van der Waals surface area contributed by atoms with E-state index in [-0.39, 0.29) is 29.1 Å². The number of carbonyl (C=O) groups is 1. The van der Waals surface area contributed by atoms with E-state index in [1.807, 2.05) is 18.2 Å². The van der Waals surface area contributed by atoms with Gasteiger partial charge in [0, 0.05) is 12.5 Å². The molecule has 1 saturated heterocycles. The Balaban J connectivity index is 1.79. The number of hydrogen-bond acceptors (Lipinski definition) is 6. The number of ether oxygens (including phenoxy) is 5. The Morgan fingerprint density at radius 3 is 2.29 bits per heavy atom. The lowest BCUT2D eigenvalue weighted by Gasteiger charge is -2.41. The first-order valence-corrected chi connectivity index (χ1v) is 9.47. The molecule has 1 spiro atoms. The SMILES string of the molecule is COC1=C[C@]23CC(C[C@H](c4cc(OC)c(OC)c(OC)c4)[C@H]2C)OC3=CC1=O. The van der Waals surface area contributed by atoms with Crippen LogP contribution in [-0.4, -0.2) is 40.3 Å². The van der Waals surface area contributed by atoms with Crippen molar-refractivity contribution in [2.24, 2.45) is 11.3 Å². The minimum absolute atomic E-state index is 0.0618. The van der Waals surface area contributed by atoms with Crippen molar-refractivity contribution in [1.82, 2.24) is 0 Å². The summed E-state index contributed by atoms with van der Waals surface area (Å²) in [5, 5.41) is 0. The van der Waals surface area contributed by atoms with E-state index >= 15 is 0 Å². The molecule has 2 bridgehead atoms. The number of hydrogen-bond donors (Lipinski definition) is 0. The van der Waals surface area contributed by atoms with Gasteiger partial charge in [0.25, 0.3) is 0 Å². The van der Waals surface area contributed by atoms with Crippen molar-refractivity contribution in [3.63, 3.8) is 0 Å². The van der Waals surface area contributed by atoms with Crippen LogP contribution in [0.25, 0.3) is 0 Å². The molecule has 1 aromatic rings. The molecule has 1 aliphatic heterocycles. The van der Waals surface area contributed by atoms with Crippen LogP contribution in [0.3, 0.4) is 0 Å². The molecule has 150 valence electrons. The van der Waals surface area contributed by atoms with Crippen LogP contribution in [-0.2, 0) is 14.3 Å². The number of benzene rings is 1. The first-order valence-electron chi connectivity index (χ1n) is 9.47. The predicted molar refractivity (Wildman–Crippen MR) is 103 cm³/mol. The summed E-state index contributed by atoms with van der Waals surface area (Å²) in [6, 6.07) is 4.03. The smallest absolute Gasteiger partial charge is 0.223 e. The highest BCUT2D eigenvalue weighted by Gasteiger charge is 2.57. The van der Waals surface area contributed by atoms with Crippen molar-refractivity contribution in [3.05, 3.63) is 41.4 Å². The van der Waals surface area contributed by atoms with Crippen LogP contribution in [0, 0.1) is 11.3 Å². The van der Waals surface area contributed by atoms with Crippen LogP contribution in [0.1, 0.15) is 31.2 Å². The fourth-order valence-corrected chi connectivity index (χ4v) is 5.02. The minimum Gasteiger partial charge on any atom is -0.494 e. The van der Waals surface area contributed by atoms with Gasteiger partial charge in [0.2, 0.25) is 11.5 Å². The monoisotopic (exact) mass is 386 g/mol. The fraction of sp³-hybridized carbons (Fsp3) is 0.500. The number of rotatable bonds is 5. The summed E-state index contributed by atoms with van der Waals surface area (Å²) >= 11 is 0. The molecule has 1 saturated carbocycles. The lowest BCUT2D eigenvalue weighted by Crippen LogP contribution is -2.37. The summed E-state index contributed by atoms with van der Waals surface area (Å²) in [5.74, 6) is 3.31. The Morgan fingerprint density at radius 2 is 1.71 bits per heavy atom. The third-order valence-electron chi connectivity index (χ3n) is 6.48. The van der Waals surface area contributed by atoms with Gasteiger partial charge in [-0.2, -0.15) is 0 Å². The van der Waals surface area contributed by atoms with Crippen LogP contribution >= 0.6 is 0 Å². The zero-order valence-electron chi connectivity index (χ0n) is 16.9. The molecule has 2 fully saturated rings. The lowest BCUT2D eigenvalue weighted by atomic mass is 9.59. The van der Waals surface area contributed by atoms with Crippen molar-refractivity contribution < 1.29 is 28.5 Å². The van der Waals surface area contributed by atoms with Gasteiger partial charge in [-0.15, -0.1) is 0 Å². The standard InChI is InChI=1S/C22H26O6/c1-12-15(13-6-17(24-2)21(27-5)18(7-13)25-3)8-14-10-22(12)11-19(26-4)16(23)9-20(22)28-14/h6-7,9,11-12,14-15H,8,10H2,1-5H3/t12-,14?,15+,22-/m1/s1. The molecule has 3 aliphatic rings. The molecule has 0 N–H and O–H groups in total. The normalized spacial score (nSPS) is 30.6.